The van der Waals surface area contributed by atoms with Gasteiger partial charge < -0.3 is 5.73 Å². The number of pyridine rings is 1. The molecule has 3 aromatic rings. The summed E-state index contributed by atoms with van der Waals surface area (Å²) < 4.78 is 1.73. The van der Waals surface area contributed by atoms with Crippen LogP contribution in [-0.2, 0) is 0 Å². The van der Waals surface area contributed by atoms with Crippen LogP contribution < -0.4 is 5.73 Å². The first-order chi connectivity index (χ1) is 9.22. The van der Waals surface area contributed by atoms with Gasteiger partial charge in [0.05, 0.1) is 5.69 Å². The van der Waals surface area contributed by atoms with Gasteiger partial charge in [-0.05, 0) is 31.2 Å². The minimum atomic E-state index is 0.654. The maximum atomic E-state index is 5.76. The highest BCUT2D eigenvalue weighted by Gasteiger charge is 2.06. The number of hydrogen-bond acceptors (Lipinski definition) is 4. The molecular formula is C14H13N5. The third-order valence-corrected chi connectivity index (χ3v) is 2.78. The fourth-order valence-electron chi connectivity index (χ4n) is 1.87. The first kappa shape index (κ1) is 11.4. The predicted octanol–water partition coefficient (Wildman–Crippen LogP) is 2.22. The van der Waals surface area contributed by atoms with E-state index in [1.807, 2.05) is 43.3 Å². The highest BCUT2D eigenvalue weighted by Crippen LogP contribution is 2.18. The van der Waals surface area contributed by atoms with E-state index in [4.69, 9.17) is 5.73 Å². The molecule has 2 N–H and O–H groups in total. The zero-order valence-corrected chi connectivity index (χ0v) is 10.5. The number of anilines is 1. The smallest absolute Gasteiger partial charge is 0.181 e. The van der Waals surface area contributed by atoms with Crippen LogP contribution in [0, 0.1) is 6.92 Å². The third kappa shape index (κ3) is 2.30. The van der Waals surface area contributed by atoms with Crippen molar-refractivity contribution in [3.8, 4) is 17.1 Å². The molecule has 94 valence electrons. The maximum Gasteiger partial charge on any atom is 0.181 e. The van der Waals surface area contributed by atoms with Crippen molar-refractivity contribution < 1.29 is 0 Å². The monoisotopic (exact) mass is 251 g/mol. The summed E-state index contributed by atoms with van der Waals surface area (Å²) in [5.41, 5.74) is 9.26. The lowest BCUT2D eigenvalue weighted by Gasteiger charge is -2.00. The van der Waals surface area contributed by atoms with E-state index in [1.54, 1.807) is 17.2 Å². The third-order valence-electron chi connectivity index (χ3n) is 2.78. The molecule has 2 aromatic heterocycles. The molecule has 3 rings (SSSR count). The second kappa shape index (κ2) is 4.53. The van der Waals surface area contributed by atoms with Gasteiger partial charge in [0.2, 0.25) is 0 Å². The van der Waals surface area contributed by atoms with Crippen LogP contribution in [0.25, 0.3) is 17.1 Å². The molecule has 0 spiro atoms. The minimum Gasteiger partial charge on any atom is -0.399 e. The van der Waals surface area contributed by atoms with E-state index >= 15 is 0 Å². The summed E-state index contributed by atoms with van der Waals surface area (Å²) in [5.74, 6) is 0.654. The molecule has 0 bridgehead atoms. The molecule has 0 saturated carbocycles. The van der Waals surface area contributed by atoms with Crippen molar-refractivity contribution >= 4 is 5.69 Å². The Morgan fingerprint density at radius 2 is 2.00 bits per heavy atom. The Morgan fingerprint density at radius 3 is 2.79 bits per heavy atom. The standard InChI is InChI=1S/C14H13N5/c1-10-7-13(5-6-16-10)19-9-17-14(18-19)11-3-2-4-12(15)8-11/h2-9H,15H2,1H3. The lowest BCUT2D eigenvalue weighted by molar-refractivity contribution is 0.876. The van der Waals surface area contributed by atoms with Gasteiger partial charge in [-0.15, -0.1) is 5.10 Å². The van der Waals surface area contributed by atoms with E-state index in [-0.39, 0.29) is 0 Å². The molecule has 0 radical (unpaired) electrons. The lowest BCUT2D eigenvalue weighted by Crippen LogP contribution is -1.96. The summed E-state index contributed by atoms with van der Waals surface area (Å²) in [6.07, 6.45) is 3.44. The topological polar surface area (TPSA) is 69.6 Å². The molecular weight excluding hydrogens is 238 g/mol. The Hall–Kier alpha value is -2.69. The highest BCUT2D eigenvalue weighted by atomic mass is 15.3. The summed E-state index contributed by atoms with van der Waals surface area (Å²) >= 11 is 0. The van der Waals surface area contributed by atoms with Crippen molar-refractivity contribution in [1.82, 2.24) is 19.7 Å². The molecule has 0 saturated heterocycles. The van der Waals surface area contributed by atoms with E-state index in [0.717, 1.165) is 16.9 Å². The SMILES string of the molecule is Cc1cc(-n2cnc(-c3cccc(N)c3)n2)ccn1. The molecule has 0 aliphatic heterocycles. The molecule has 2 heterocycles. The van der Waals surface area contributed by atoms with Gasteiger partial charge in [0.25, 0.3) is 0 Å². The van der Waals surface area contributed by atoms with Crippen molar-refractivity contribution in [2.45, 2.75) is 6.92 Å². The number of aromatic nitrogens is 4. The van der Waals surface area contributed by atoms with Crippen molar-refractivity contribution in [2.75, 3.05) is 5.73 Å². The van der Waals surface area contributed by atoms with Crippen LogP contribution in [0.5, 0.6) is 0 Å². The Bertz CT molecular complexity index is 657. The number of nitrogens with zero attached hydrogens (tertiary/aromatic N) is 4. The molecule has 0 aliphatic carbocycles. The van der Waals surface area contributed by atoms with Crippen LogP contribution in [0.2, 0.25) is 0 Å². The fraction of sp³-hybridized carbons (Fsp3) is 0.0714. The van der Waals surface area contributed by atoms with E-state index in [0.29, 0.717) is 11.5 Å². The fourth-order valence-corrected chi connectivity index (χ4v) is 1.87. The summed E-state index contributed by atoms with van der Waals surface area (Å²) in [5, 5.41) is 4.46. The van der Waals surface area contributed by atoms with Gasteiger partial charge in [0.15, 0.2) is 5.82 Å². The van der Waals surface area contributed by atoms with Gasteiger partial charge in [-0.25, -0.2) is 9.67 Å². The Morgan fingerprint density at radius 1 is 1.11 bits per heavy atom. The van der Waals surface area contributed by atoms with Crippen molar-refractivity contribution in [2.24, 2.45) is 0 Å². The van der Waals surface area contributed by atoms with Crippen LogP contribution in [0.1, 0.15) is 5.69 Å². The van der Waals surface area contributed by atoms with Gasteiger partial charge in [-0.3, -0.25) is 4.98 Å². The number of rotatable bonds is 2. The lowest BCUT2D eigenvalue weighted by atomic mass is 10.2. The number of benzene rings is 1. The number of hydrogen-bond donors (Lipinski definition) is 1. The molecule has 0 fully saturated rings. The van der Waals surface area contributed by atoms with Crippen molar-refractivity contribution in [3.63, 3.8) is 0 Å². The Balaban J connectivity index is 2.00. The first-order valence-electron chi connectivity index (χ1n) is 5.93. The second-order valence-corrected chi connectivity index (χ2v) is 4.29. The predicted molar refractivity (Wildman–Crippen MR) is 73.7 cm³/mol. The summed E-state index contributed by atoms with van der Waals surface area (Å²) in [4.78, 5) is 8.47. The van der Waals surface area contributed by atoms with E-state index in [2.05, 4.69) is 15.1 Å². The molecule has 5 nitrogen and oxygen atoms in total. The summed E-state index contributed by atoms with van der Waals surface area (Å²) in [7, 11) is 0. The molecule has 19 heavy (non-hydrogen) atoms. The van der Waals surface area contributed by atoms with Crippen LogP contribution in [0.3, 0.4) is 0 Å². The van der Waals surface area contributed by atoms with Crippen LogP contribution >= 0.6 is 0 Å². The quantitative estimate of drug-likeness (QED) is 0.709. The van der Waals surface area contributed by atoms with Crippen LogP contribution in [-0.4, -0.2) is 19.7 Å². The highest BCUT2D eigenvalue weighted by molar-refractivity contribution is 5.60. The van der Waals surface area contributed by atoms with Gasteiger partial charge in [-0.2, -0.15) is 0 Å². The van der Waals surface area contributed by atoms with Crippen molar-refractivity contribution in [3.05, 3.63) is 54.6 Å². The zero-order valence-electron chi connectivity index (χ0n) is 10.5. The van der Waals surface area contributed by atoms with Gasteiger partial charge in [-0.1, -0.05) is 12.1 Å². The summed E-state index contributed by atoms with van der Waals surface area (Å²) in [6, 6.07) is 11.4. The van der Waals surface area contributed by atoms with E-state index in [1.165, 1.54) is 0 Å². The van der Waals surface area contributed by atoms with Gasteiger partial charge in [0.1, 0.15) is 6.33 Å². The normalized spacial score (nSPS) is 10.6. The largest absolute Gasteiger partial charge is 0.399 e. The van der Waals surface area contributed by atoms with Gasteiger partial charge >= 0.3 is 0 Å². The Labute approximate surface area is 110 Å². The molecule has 0 amide bonds. The van der Waals surface area contributed by atoms with Crippen LogP contribution in [0.15, 0.2) is 48.9 Å². The molecule has 0 aliphatic rings. The number of nitrogens with two attached hydrogens (primary N) is 1. The maximum absolute atomic E-state index is 5.76. The average Bonchev–Trinajstić information content (AvgIpc) is 2.88. The molecule has 1 aromatic carbocycles. The van der Waals surface area contributed by atoms with Crippen LogP contribution in [0.4, 0.5) is 5.69 Å². The molecule has 0 atom stereocenters. The van der Waals surface area contributed by atoms with E-state index in [9.17, 15) is 0 Å². The van der Waals surface area contributed by atoms with Crippen molar-refractivity contribution in [1.29, 1.82) is 0 Å². The minimum absolute atomic E-state index is 0.654. The molecule has 0 unspecified atom stereocenters. The average molecular weight is 251 g/mol. The summed E-state index contributed by atoms with van der Waals surface area (Å²) in [6.45, 7) is 1.94. The molecule has 5 heteroatoms. The first-order valence-corrected chi connectivity index (χ1v) is 5.93. The zero-order chi connectivity index (χ0) is 13.2. The number of nitrogen functional groups attached to an aromatic ring is 1. The Kier molecular flexibility index (Phi) is 2.72. The van der Waals surface area contributed by atoms with Gasteiger partial charge in [0, 0.05) is 23.1 Å². The second-order valence-electron chi connectivity index (χ2n) is 4.29. The van der Waals surface area contributed by atoms with E-state index < -0.39 is 0 Å². The number of aryl methyl sites for hydroxylation is 1.